The van der Waals surface area contributed by atoms with Crippen LogP contribution in [-0.4, -0.2) is 48.4 Å². The van der Waals surface area contributed by atoms with Gasteiger partial charge in [0.2, 0.25) is 6.41 Å². The number of anilines is 2. The first-order chi connectivity index (χ1) is 17.7. The molecule has 2 rings (SSSR count). The molecular formula is C27H44F3N5O3. The van der Waals surface area contributed by atoms with Gasteiger partial charge in [0.15, 0.2) is 18.2 Å². The smallest absolute Gasteiger partial charge is 0.433 e. The Labute approximate surface area is 225 Å². The number of nitrogens with one attached hydrogen (secondary N) is 2. The van der Waals surface area contributed by atoms with Gasteiger partial charge in [0.1, 0.15) is 11.4 Å². The molecule has 0 bridgehead atoms. The van der Waals surface area contributed by atoms with Crippen molar-refractivity contribution in [1.29, 1.82) is 0 Å². The van der Waals surface area contributed by atoms with Gasteiger partial charge in [-0.3, -0.25) is 9.59 Å². The highest BCUT2D eigenvalue weighted by atomic mass is 19.4. The maximum atomic E-state index is 12.9. The van der Waals surface area contributed by atoms with Crippen molar-refractivity contribution >= 4 is 24.1 Å². The Morgan fingerprint density at radius 2 is 1.58 bits per heavy atom. The zero-order valence-corrected chi connectivity index (χ0v) is 24.4. The van der Waals surface area contributed by atoms with Gasteiger partial charge in [-0.15, -0.1) is 0 Å². The number of hydrogen-bond acceptors (Lipinski definition) is 7. The number of halogens is 3. The second-order valence-electron chi connectivity index (χ2n) is 8.49. The molecule has 0 aliphatic rings. The lowest BCUT2D eigenvalue weighted by Crippen LogP contribution is -2.31. The molecule has 0 aliphatic heterocycles. The van der Waals surface area contributed by atoms with Crippen molar-refractivity contribution in [1.82, 2.24) is 15.3 Å². The van der Waals surface area contributed by atoms with Crippen molar-refractivity contribution in [2.24, 2.45) is 0 Å². The molecule has 8 nitrogen and oxygen atoms in total. The number of carbonyl (C=O) groups excluding carboxylic acids is 2. The predicted octanol–water partition coefficient (Wildman–Crippen LogP) is 6.28. The minimum atomic E-state index is -4.58. The van der Waals surface area contributed by atoms with E-state index >= 15 is 0 Å². The Balaban J connectivity index is 0. The third-order valence-electron chi connectivity index (χ3n) is 4.74. The highest BCUT2D eigenvalue weighted by molar-refractivity contribution is 5.75. The first-order valence-electron chi connectivity index (χ1n) is 12.5. The molecule has 2 aromatic rings. The van der Waals surface area contributed by atoms with Crippen molar-refractivity contribution in [3.05, 3.63) is 42.0 Å². The fraction of sp³-hybridized carbons (Fsp3) is 0.556. The van der Waals surface area contributed by atoms with E-state index in [4.69, 9.17) is 4.74 Å². The zero-order chi connectivity index (χ0) is 30.1. The van der Waals surface area contributed by atoms with Crippen LogP contribution < -0.4 is 20.3 Å². The SMILES string of the molecule is CC.CC.CC(C=O)Oc1cc(NC=O)ccc1N(C)C(C)c1nccc(C(F)(F)F)n1.CNC(C)(C)C. The fourth-order valence-corrected chi connectivity index (χ4v) is 2.40. The van der Waals surface area contributed by atoms with Crippen molar-refractivity contribution in [3.8, 4) is 5.75 Å². The summed E-state index contributed by atoms with van der Waals surface area (Å²) < 4.78 is 44.4. The van der Waals surface area contributed by atoms with E-state index in [1.54, 1.807) is 31.0 Å². The summed E-state index contributed by atoms with van der Waals surface area (Å²) in [6.45, 7) is 17.6. The quantitative estimate of drug-likeness (QED) is 0.378. The number of amides is 1. The van der Waals surface area contributed by atoms with E-state index in [2.05, 4.69) is 41.4 Å². The van der Waals surface area contributed by atoms with E-state index in [0.717, 1.165) is 12.3 Å². The van der Waals surface area contributed by atoms with E-state index in [9.17, 15) is 22.8 Å². The van der Waals surface area contributed by atoms with Crippen molar-refractivity contribution < 1.29 is 27.5 Å². The van der Waals surface area contributed by atoms with E-state index in [1.165, 1.54) is 13.0 Å². The van der Waals surface area contributed by atoms with E-state index in [-0.39, 0.29) is 11.6 Å². The molecule has 1 aromatic carbocycles. The van der Waals surface area contributed by atoms with Crippen molar-refractivity contribution in [2.45, 2.75) is 86.2 Å². The molecule has 0 fully saturated rings. The molecule has 11 heteroatoms. The Hall–Kier alpha value is -3.21. The first kappa shape index (κ1) is 36.9. The summed E-state index contributed by atoms with van der Waals surface area (Å²) in [6.07, 6.45) is -3.20. The Morgan fingerprint density at radius 3 is 2.03 bits per heavy atom. The number of ether oxygens (including phenoxy) is 1. The van der Waals surface area contributed by atoms with Crippen LogP contribution in [-0.2, 0) is 15.8 Å². The van der Waals surface area contributed by atoms with Crippen LogP contribution in [0.4, 0.5) is 24.5 Å². The van der Waals surface area contributed by atoms with Crippen LogP contribution in [0, 0.1) is 0 Å². The summed E-state index contributed by atoms with van der Waals surface area (Å²) in [5.41, 5.74) is 0.177. The van der Waals surface area contributed by atoms with Gasteiger partial charge in [-0.25, -0.2) is 9.97 Å². The number of benzene rings is 1. The van der Waals surface area contributed by atoms with E-state index < -0.39 is 24.0 Å². The lowest BCUT2D eigenvalue weighted by molar-refractivity contribution is -0.141. The normalized spacial score (nSPS) is 12.1. The number of hydrogen-bond donors (Lipinski definition) is 2. The highest BCUT2D eigenvalue weighted by Crippen LogP contribution is 2.36. The molecule has 0 radical (unpaired) electrons. The Kier molecular flexibility index (Phi) is 17.6. The van der Waals surface area contributed by atoms with Crippen LogP contribution >= 0.6 is 0 Å². The summed E-state index contributed by atoms with van der Waals surface area (Å²) in [7, 11) is 3.59. The lowest BCUT2D eigenvalue weighted by Gasteiger charge is -2.28. The van der Waals surface area contributed by atoms with Gasteiger partial charge < -0.3 is 20.3 Å². The number of aromatic nitrogens is 2. The average molecular weight is 544 g/mol. The molecule has 1 aromatic heterocycles. The molecule has 0 aliphatic carbocycles. The second-order valence-corrected chi connectivity index (χ2v) is 8.49. The number of alkyl halides is 3. The molecule has 2 unspecified atom stereocenters. The minimum Gasteiger partial charge on any atom is -0.481 e. The highest BCUT2D eigenvalue weighted by Gasteiger charge is 2.33. The summed E-state index contributed by atoms with van der Waals surface area (Å²) >= 11 is 0. The van der Waals surface area contributed by atoms with Gasteiger partial charge in [-0.05, 0) is 59.9 Å². The number of nitrogens with zero attached hydrogens (tertiary/aromatic N) is 3. The van der Waals surface area contributed by atoms with Crippen LogP contribution in [0.1, 0.15) is 79.9 Å². The van der Waals surface area contributed by atoms with E-state index in [1.807, 2.05) is 34.7 Å². The maximum absolute atomic E-state index is 12.9. The van der Waals surface area contributed by atoms with Gasteiger partial charge in [0.05, 0.1) is 11.7 Å². The number of aldehydes is 1. The predicted molar refractivity (Wildman–Crippen MR) is 148 cm³/mol. The van der Waals surface area contributed by atoms with Gasteiger partial charge in [0, 0.05) is 30.5 Å². The third kappa shape index (κ3) is 13.4. The van der Waals surface area contributed by atoms with Crippen LogP contribution in [0.2, 0.25) is 0 Å². The second kappa shape index (κ2) is 18.1. The molecule has 2 N–H and O–H groups in total. The monoisotopic (exact) mass is 543 g/mol. The van der Waals surface area contributed by atoms with Crippen LogP contribution in [0.5, 0.6) is 5.75 Å². The Bertz CT molecular complexity index is 950. The zero-order valence-electron chi connectivity index (χ0n) is 24.4. The molecule has 216 valence electrons. The first-order valence-corrected chi connectivity index (χ1v) is 12.5. The average Bonchev–Trinajstić information content (AvgIpc) is 2.90. The van der Waals surface area contributed by atoms with Crippen LogP contribution in [0.15, 0.2) is 30.5 Å². The maximum Gasteiger partial charge on any atom is 0.433 e. The third-order valence-corrected chi connectivity index (χ3v) is 4.74. The van der Waals surface area contributed by atoms with Gasteiger partial charge in [0.25, 0.3) is 0 Å². The van der Waals surface area contributed by atoms with Gasteiger partial charge in [-0.2, -0.15) is 13.2 Å². The van der Waals surface area contributed by atoms with Gasteiger partial charge >= 0.3 is 6.18 Å². The van der Waals surface area contributed by atoms with Crippen molar-refractivity contribution in [2.75, 3.05) is 24.3 Å². The fourth-order valence-electron chi connectivity index (χ4n) is 2.40. The largest absolute Gasteiger partial charge is 0.481 e. The summed E-state index contributed by atoms with van der Waals surface area (Å²) in [5, 5.41) is 5.58. The summed E-state index contributed by atoms with van der Waals surface area (Å²) in [4.78, 5) is 30.8. The minimum absolute atomic E-state index is 0.0261. The molecular weight excluding hydrogens is 499 g/mol. The molecule has 0 saturated heterocycles. The Morgan fingerprint density at radius 1 is 1.03 bits per heavy atom. The van der Waals surface area contributed by atoms with Crippen LogP contribution in [0.25, 0.3) is 0 Å². The number of carbonyl (C=O) groups is 2. The molecule has 1 heterocycles. The summed E-state index contributed by atoms with van der Waals surface area (Å²) in [6, 6.07) is 4.89. The summed E-state index contributed by atoms with van der Waals surface area (Å²) in [5.74, 6) is 0.245. The number of rotatable bonds is 8. The van der Waals surface area contributed by atoms with Crippen LogP contribution in [0.3, 0.4) is 0 Å². The van der Waals surface area contributed by atoms with Crippen molar-refractivity contribution in [3.63, 3.8) is 0 Å². The molecule has 0 spiro atoms. The van der Waals surface area contributed by atoms with Gasteiger partial charge in [-0.1, -0.05) is 27.7 Å². The topological polar surface area (TPSA) is 96.5 Å². The lowest BCUT2D eigenvalue weighted by atomic mass is 10.1. The van der Waals surface area contributed by atoms with E-state index in [0.29, 0.717) is 29.6 Å². The molecule has 2 atom stereocenters. The standard InChI is InChI=1S/C18H19F3N4O3.C5H13N.2C2H6/c1-11(9-26)28-15-8-13(23-10-27)4-5-14(15)25(3)12(2)17-22-7-6-16(24-17)18(19,20)21;1-5(2,3)6-4;2*1-2/h4-12H,1-3H3,(H,23,27);6H,1-4H3;2*1-2H3. The molecule has 0 saturated carbocycles. The molecule has 38 heavy (non-hydrogen) atoms. The molecule has 1 amide bonds.